The average Bonchev–Trinajstić information content (AvgIpc) is 3.59. The summed E-state index contributed by atoms with van der Waals surface area (Å²) >= 11 is 0. The number of nitro groups is 2. The summed E-state index contributed by atoms with van der Waals surface area (Å²) < 4.78 is 11.5. The molecule has 11 nitrogen and oxygen atoms in total. The van der Waals surface area contributed by atoms with E-state index in [1.807, 2.05) is 0 Å². The van der Waals surface area contributed by atoms with Gasteiger partial charge in [0, 0.05) is 23.0 Å². The number of nitrogens with zero attached hydrogens (tertiary/aromatic N) is 2. The molecule has 4 saturated carbocycles. The van der Waals surface area contributed by atoms with Gasteiger partial charge in [-0.05, 0) is 91.3 Å². The van der Waals surface area contributed by atoms with Crippen LogP contribution in [0.1, 0.15) is 96.8 Å². The topological polar surface area (TPSA) is 156 Å². The van der Waals surface area contributed by atoms with E-state index in [4.69, 9.17) is 9.47 Å². The largest absolute Gasteiger partial charge is 0.459 e. The molecule has 1 aliphatic heterocycles. The number of allylic oxidation sites excluding steroid dienone is 4. The summed E-state index contributed by atoms with van der Waals surface area (Å²) in [5.41, 5.74) is -3.11. The van der Waals surface area contributed by atoms with E-state index in [2.05, 4.69) is 65.8 Å². The first-order chi connectivity index (χ1) is 23.5. The predicted octanol–water partition coefficient (Wildman–Crippen LogP) is 8.02. The minimum Gasteiger partial charge on any atom is -0.459 e. The van der Waals surface area contributed by atoms with Crippen LogP contribution in [0.15, 0.2) is 42.5 Å². The van der Waals surface area contributed by atoms with Gasteiger partial charge in [-0.3, -0.25) is 29.8 Å². The summed E-state index contributed by atoms with van der Waals surface area (Å²) in [4.78, 5) is 62.5. The van der Waals surface area contributed by atoms with Crippen LogP contribution in [-0.4, -0.2) is 33.9 Å². The highest BCUT2D eigenvalue weighted by Gasteiger charge is 2.81. The zero-order valence-electron chi connectivity index (χ0n) is 29.8. The lowest BCUT2D eigenvalue weighted by atomic mass is 9.28. The second-order valence-electron chi connectivity index (χ2n) is 17.2. The molecule has 1 aromatic rings. The Labute approximate surface area is 292 Å². The zero-order chi connectivity index (χ0) is 36.1. The van der Waals surface area contributed by atoms with Gasteiger partial charge >= 0.3 is 17.9 Å². The van der Waals surface area contributed by atoms with Crippen molar-refractivity contribution in [3.05, 3.63) is 68.3 Å². The molecule has 5 fully saturated rings. The van der Waals surface area contributed by atoms with Crippen molar-refractivity contribution in [3.63, 3.8) is 0 Å². The molecule has 0 amide bonds. The first kappa shape index (κ1) is 34.6. The maximum Gasteiger partial charge on any atom is 0.338 e. The SMILES string of the molecule is CC(C)[C@@H](C)/C=C/[C@@H](C)[C@@H]1CC[C@@H]2[C@]1(C)CC[C@@H]1[C@@]23C=C[C@@]2(C[C@H](OC(=O)c4cc([N+](=O)[O-])cc([N+](=O)[O-])c4)CC[C@@]12C)[C@@H]1C(=O)OC(=O)[C@H]13. The highest BCUT2D eigenvalue weighted by atomic mass is 16.6. The predicted molar refractivity (Wildman–Crippen MR) is 182 cm³/mol. The van der Waals surface area contributed by atoms with Crippen LogP contribution in [0.25, 0.3) is 0 Å². The van der Waals surface area contributed by atoms with E-state index in [-0.39, 0.29) is 28.2 Å². The van der Waals surface area contributed by atoms with Gasteiger partial charge in [-0.2, -0.15) is 0 Å². The van der Waals surface area contributed by atoms with Gasteiger partial charge in [0.2, 0.25) is 0 Å². The third-order valence-electron chi connectivity index (χ3n) is 15.0. The van der Waals surface area contributed by atoms with Gasteiger partial charge in [0.05, 0.1) is 33.3 Å². The van der Waals surface area contributed by atoms with Gasteiger partial charge in [-0.15, -0.1) is 0 Å². The Hall–Kier alpha value is -3.89. The quantitative estimate of drug-likeness (QED) is 0.0867. The van der Waals surface area contributed by atoms with Crippen LogP contribution in [0.5, 0.6) is 0 Å². The number of benzene rings is 1. The van der Waals surface area contributed by atoms with E-state index < -0.39 is 67.9 Å². The number of hydrogen-bond donors (Lipinski definition) is 0. The highest BCUT2D eigenvalue weighted by Crippen LogP contribution is 2.82. The fourth-order valence-electron chi connectivity index (χ4n) is 12.4. The Morgan fingerprint density at radius 3 is 2.18 bits per heavy atom. The molecule has 1 saturated heterocycles. The number of carbonyl (C=O) groups is 3. The number of hydrogen-bond acceptors (Lipinski definition) is 9. The van der Waals surface area contributed by atoms with E-state index in [0.717, 1.165) is 43.9 Å². The number of fused-ring (bicyclic) bond motifs is 1. The van der Waals surface area contributed by atoms with Gasteiger partial charge in [0.1, 0.15) is 6.10 Å². The first-order valence-corrected chi connectivity index (χ1v) is 18.3. The molecule has 6 aliphatic carbocycles. The molecular formula is C39H48N2O9. The number of esters is 3. The van der Waals surface area contributed by atoms with Crippen molar-refractivity contribution in [1.29, 1.82) is 0 Å². The van der Waals surface area contributed by atoms with Crippen LogP contribution in [0.2, 0.25) is 0 Å². The van der Waals surface area contributed by atoms with Crippen molar-refractivity contribution in [2.24, 2.45) is 69.0 Å². The van der Waals surface area contributed by atoms with Gasteiger partial charge in [-0.1, -0.05) is 65.8 Å². The summed E-state index contributed by atoms with van der Waals surface area (Å²) in [6, 6.07) is 2.77. The third-order valence-corrected chi connectivity index (χ3v) is 15.0. The lowest BCUT2D eigenvalue weighted by Crippen LogP contribution is -2.72. The Bertz CT molecular complexity index is 1700. The Morgan fingerprint density at radius 2 is 1.54 bits per heavy atom. The van der Waals surface area contributed by atoms with Crippen LogP contribution in [0, 0.1) is 89.2 Å². The van der Waals surface area contributed by atoms with Crippen LogP contribution in [-0.2, 0) is 19.1 Å². The minimum absolute atomic E-state index is 0.0104. The van der Waals surface area contributed by atoms with E-state index in [9.17, 15) is 34.6 Å². The number of non-ortho nitro benzene ring substituents is 2. The van der Waals surface area contributed by atoms with Crippen LogP contribution in [0.4, 0.5) is 11.4 Å². The maximum atomic E-state index is 13.9. The summed E-state index contributed by atoms with van der Waals surface area (Å²) in [7, 11) is 0. The summed E-state index contributed by atoms with van der Waals surface area (Å²) in [6.07, 6.45) is 14.0. The maximum absolute atomic E-state index is 13.9. The molecule has 12 atom stereocenters. The number of nitro benzene ring substituents is 2. The molecule has 1 aromatic carbocycles. The molecule has 0 unspecified atom stereocenters. The van der Waals surface area contributed by atoms with E-state index in [1.165, 1.54) is 0 Å². The fraction of sp³-hybridized carbons (Fsp3) is 0.667. The van der Waals surface area contributed by atoms with Gasteiger partial charge in [-0.25, -0.2) is 4.79 Å². The van der Waals surface area contributed by atoms with Crippen molar-refractivity contribution in [1.82, 2.24) is 0 Å². The molecule has 50 heavy (non-hydrogen) atoms. The Kier molecular flexibility index (Phi) is 7.99. The van der Waals surface area contributed by atoms with Crippen molar-refractivity contribution in [2.75, 3.05) is 0 Å². The normalized spacial score (nSPS) is 40.9. The fourth-order valence-corrected chi connectivity index (χ4v) is 12.4. The minimum atomic E-state index is -0.898. The molecule has 11 heteroatoms. The summed E-state index contributed by atoms with van der Waals surface area (Å²) in [5.74, 6) is -0.897. The molecule has 0 N–H and O–H groups in total. The third kappa shape index (κ3) is 4.63. The van der Waals surface area contributed by atoms with Crippen molar-refractivity contribution < 1.29 is 33.7 Å². The zero-order valence-corrected chi connectivity index (χ0v) is 29.8. The molecule has 8 rings (SSSR count). The van der Waals surface area contributed by atoms with Crippen LogP contribution >= 0.6 is 0 Å². The second-order valence-corrected chi connectivity index (χ2v) is 17.2. The van der Waals surface area contributed by atoms with E-state index in [0.29, 0.717) is 42.9 Å². The van der Waals surface area contributed by atoms with Gasteiger partial charge < -0.3 is 9.47 Å². The smallest absolute Gasteiger partial charge is 0.338 e. The standard InChI is InChI=1S/C39H48N2O9/c1-21(2)22(3)7-8-23(4)28-9-10-29-36(28,5)13-12-30-37(6)14-11-27(49-33(42)24-17-25(40(45)46)19-26(18-24)41(47)48)20-38(37)15-16-39(29,30)32-31(38)34(43)50-35(32)44/h7-8,15-19,21-23,27-32H,9-14,20H2,1-6H3/b8-7+/t22-,23+,27+,28-,29+,30-,31-,32-,36+,37-,38+,39+/m0/s1. The molecule has 2 bridgehead atoms. The number of ether oxygens (including phenoxy) is 2. The van der Waals surface area contributed by atoms with Crippen LogP contribution < -0.4 is 0 Å². The summed E-state index contributed by atoms with van der Waals surface area (Å²) in [6.45, 7) is 13.8. The number of cyclic esters (lactones) is 2. The van der Waals surface area contributed by atoms with Crippen molar-refractivity contribution in [3.8, 4) is 0 Å². The summed E-state index contributed by atoms with van der Waals surface area (Å²) in [5, 5.41) is 22.9. The van der Waals surface area contributed by atoms with Crippen LogP contribution in [0.3, 0.4) is 0 Å². The van der Waals surface area contributed by atoms with Gasteiger partial charge in [0.25, 0.3) is 11.4 Å². The Morgan fingerprint density at radius 1 is 0.880 bits per heavy atom. The molecule has 1 heterocycles. The van der Waals surface area contributed by atoms with E-state index in [1.54, 1.807) is 0 Å². The lowest BCUT2D eigenvalue weighted by molar-refractivity contribution is -0.394. The first-order valence-electron chi connectivity index (χ1n) is 18.3. The number of rotatable bonds is 8. The van der Waals surface area contributed by atoms with Crippen molar-refractivity contribution >= 4 is 29.3 Å². The highest BCUT2D eigenvalue weighted by molar-refractivity contribution is 5.99. The Balaban J connectivity index is 1.23. The monoisotopic (exact) mass is 688 g/mol. The molecular weight excluding hydrogens is 640 g/mol. The molecule has 0 aromatic heterocycles. The lowest BCUT2D eigenvalue weighted by Gasteiger charge is -2.74. The molecule has 2 spiro atoms. The molecule has 268 valence electrons. The average molecular weight is 689 g/mol. The second kappa shape index (κ2) is 11.6. The van der Waals surface area contributed by atoms with Crippen molar-refractivity contribution in [2.45, 2.75) is 92.6 Å². The van der Waals surface area contributed by atoms with E-state index >= 15 is 0 Å². The molecule has 7 aliphatic rings. The molecule has 0 radical (unpaired) electrons. The number of carbonyl (C=O) groups excluding carboxylic acids is 3. The van der Waals surface area contributed by atoms with Gasteiger partial charge in [0.15, 0.2) is 0 Å².